The number of hydrogen-bond donors (Lipinski definition) is 4. The molecule has 12 heteroatoms. The molecule has 0 aliphatic heterocycles. The van der Waals surface area contributed by atoms with Crippen LogP contribution in [0.3, 0.4) is 0 Å². The van der Waals surface area contributed by atoms with Crippen LogP contribution < -0.4 is 5.32 Å². The van der Waals surface area contributed by atoms with Crippen LogP contribution in [0, 0.1) is 11.6 Å². The molecule has 33 heavy (non-hydrogen) atoms. The predicted molar refractivity (Wildman–Crippen MR) is 117 cm³/mol. The lowest BCUT2D eigenvalue weighted by atomic mass is 10.1. The van der Waals surface area contributed by atoms with Gasteiger partial charge in [-0.1, -0.05) is 30.0 Å². The van der Waals surface area contributed by atoms with E-state index in [0.717, 1.165) is 24.7 Å². The van der Waals surface area contributed by atoms with Gasteiger partial charge in [-0.3, -0.25) is 0 Å². The van der Waals surface area contributed by atoms with E-state index in [1.807, 2.05) is 6.92 Å². The topological polar surface area (TPSA) is 129 Å². The van der Waals surface area contributed by atoms with Crippen molar-refractivity contribution in [2.75, 3.05) is 11.1 Å². The van der Waals surface area contributed by atoms with Crippen LogP contribution in [0.5, 0.6) is 0 Å². The summed E-state index contributed by atoms with van der Waals surface area (Å²) >= 11 is 1.47. The van der Waals surface area contributed by atoms with Crippen molar-refractivity contribution in [3.8, 4) is 0 Å². The molecular formula is C21H24F2N6O3S. The van der Waals surface area contributed by atoms with Crippen molar-refractivity contribution in [1.29, 1.82) is 0 Å². The summed E-state index contributed by atoms with van der Waals surface area (Å²) in [4.78, 5) is 9.17. The first-order valence-corrected chi connectivity index (χ1v) is 11.9. The van der Waals surface area contributed by atoms with Gasteiger partial charge in [0.25, 0.3) is 0 Å². The van der Waals surface area contributed by atoms with Crippen LogP contribution in [0.25, 0.3) is 11.2 Å². The molecule has 1 aromatic carbocycles. The zero-order valence-electron chi connectivity index (χ0n) is 17.8. The zero-order valence-corrected chi connectivity index (χ0v) is 18.6. The Morgan fingerprint density at radius 2 is 1.94 bits per heavy atom. The summed E-state index contributed by atoms with van der Waals surface area (Å²) < 4.78 is 28.4. The third-order valence-electron chi connectivity index (χ3n) is 6.16. The van der Waals surface area contributed by atoms with Gasteiger partial charge in [-0.2, -0.15) is 0 Å². The summed E-state index contributed by atoms with van der Waals surface area (Å²) in [5.41, 5.74) is 1.49. The average Bonchev–Trinajstić information content (AvgIpc) is 3.36. The van der Waals surface area contributed by atoms with E-state index in [-0.39, 0.29) is 18.4 Å². The van der Waals surface area contributed by atoms with E-state index in [1.54, 1.807) is 6.07 Å². The molecule has 2 aliphatic rings. The van der Waals surface area contributed by atoms with Gasteiger partial charge in [-0.05, 0) is 30.5 Å². The van der Waals surface area contributed by atoms with Gasteiger partial charge in [0.05, 0.1) is 12.1 Å². The SMILES string of the molecule is CCCSc1nc(NC2CC2c2ccc(F)c(F)c2)c2nnn([C@H]3C[C@@H](O)[C@H](O)[C@@H]3O)c2n1. The smallest absolute Gasteiger partial charge is 0.191 e. The molecule has 0 saturated heterocycles. The summed E-state index contributed by atoms with van der Waals surface area (Å²) in [5, 5.41) is 42.5. The third kappa shape index (κ3) is 4.16. The van der Waals surface area contributed by atoms with E-state index in [2.05, 4.69) is 25.6 Å². The fourth-order valence-corrected chi connectivity index (χ4v) is 4.95. The van der Waals surface area contributed by atoms with Crippen molar-refractivity contribution in [2.24, 2.45) is 0 Å². The van der Waals surface area contributed by atoms with Gasteiger partial charge in [-0.25, -0.2) is 23.4 Å². The number of hydrogen-bond acceptors (Lipinski definition) is 9. The maximum absolute atomic E-state index is 13.6. The molecule has 2 aromatic heterocycles. The molecule has 0 bridgehead atoms. The standard InChI is InChI=1S/C21H24F2N6O3S/c1-2-5-33-21-25-19(24-13-7-10(13)9-3-4-11(22)12(23)6-9)16-20(26-21)29(28-27-16)14-8-15(30)18(32)17(14)31/h3-4,6,10,13-15,17-18,30-32H,2,5,7-8H2,1H3,(H,24,25,26)/t10?,13?,14-,15+,17+,18-/m0/s1. The first-order valence-electron chi connectivity index (χ1n) is 10.9. The minimum Gasteiger partial charge on any atom is -0.390 e. The molecule has 0 spiro atoms. The normalized spacial score (nSPS) is 29.0. The molecule has 2 unspecified atom stereocenters. The van der Waals surface area contributed by atoms with Crippen molar-refractivity contribution in [3.05, 3.63) is 35.4 Å². The van der Waals surface area contributed by atoms with E-state index >= 15 is 0 Å². The van der Waals surface area contributed by atoms with Crippen molar-refractivity contribution in [2.45, 2.75) is 67.7 Å². The second kappa shape index (κ2) is 8.75. The summed E-state index contributed by atoms with van der Waals surface area (Å²) in [6, 6.07) is 3.21. The van der Waals surface area contributed by atoms with Crippen LogP contribution in [0.4, 0.5) is 14.6 Å². The van der Waals surface area contributed by atoms with Gasteiger partial charge in [0.2, 0.25) is 0 Å². The molecular weight excluding hydrogens is 454 g/mol. The minimum atomic E-state index is -1.27. The number of fused-ring (bicyclic) bond motifs is 1. The van der Waals surface area contributed by atoms with E-state index in [9.17, 15) is 24.1 Å². The van der Waals surface area contributed by atoms with Crippen molar-refractivity contribution >= 4 is 28.7 Å². The second-order valence-corrected chi connectivity index (χ2v) is 9.59. The summed E-state index contributed by atoms with van der Waals surface area (Å²) in [7, 11) is 0. The molecule has 4 N–H and O–H groups in total. The molecule has 0 amide bonds. The van der Waals surface area contributed by atoms with Gasteiger partial charge in [-0.15, -0.1) is 5.10 Å². The molecule has 6 atom stereocenters. The van der Waals surface area contributed by atoms with E-state index in [4.69, 9.17) is 0 Å². The fraction of sp³-hybridized carbons (Fsp3) is 0.524. The Bertz CT molecular complexity index is 1180. The van der Waals surface area contributed by atoms with E-state index in [0.29, 0.717) is 27.7 Å². The number of anilines is 1. The number of rotatable bonds is 7. The van der Waals surface area contributed by atoms with Gasteiger partial charge in [0.1, 0.15) is 12.2 Å². The van der Waals surface area contributed by atoms with Crippen LogP contribution in [0.2, 0.25) is 0 Å². The van der Waals surface area contributed by atoms with Crippen molar-refractivity contribution in [3.63, 3.8) is 0 Å². The number of nitrogens with one attached hydrogen (secondary N) is 1. The van der Waals surface area contributed by atoms with Gasteiger partial charge in [0, 0.05) is 24.1 Å². The summed E-state index contributed by atoms with van der Waals surface area (Å²) in [6.07, 6.45) is -1.78. The zero-order chi connectivity index (χ0) is 23.3. The number of benzene rings is 1. The first-order chi connectivity index (χ1) is 15.9. The quantitative estimate of drug-likeness (QED) is 0.298. The number of nitrogens with zero attached hydrogens (tertiary/aromatic N) is 5. The fourth-order valence-electron chi connectivity index (χ4n) is 4.26. The number of aliphatic hydroxyl groups excluding tert-OH is 3. The molecule has 2 saturated carbocycles. The number of thioether (sulfide) groups is 1. The Kier molecular flexibility index (Phi) is 5.93. The molecule has 176 valence electrons. The lowest BCUT2D eigenvalue weighted by molar-refractivity contribution is -0.0253. The highest BCUT2D eigenvalue weighted by molar-refractivity contribution is 7.99. The highest BCUT2D eigenvalue weighted by atomic mass is 32.2. The molecule has 0 radical (unpaired) electrons. The van der Waals surface area contributed by atoms with Crippen LogP contribution in [0.15, 0.2) is 23.4 Å². The molecule has 2 fully saturated rings. The Labute approximate surface area is 192 Å². The van der Waals surface area contributed by atoms with Crippen LogP contribution >= 0.6 is 11.8 Å². The second-order valence-electron chi connectivity index (χ2n) is 8.53. The Morgan fingerprint density at radius 3 is 2.64 bits per heavy atom. The van der Waals surface area contributed by atoms with Crippen LogP contribution in [-0.4, -0.2) is 70.4 Å². The van der Waals surface area contributed by atoms with Gasteiger partial charge >= 0.3 is 0 Å². The largest absolute Gasteiger partial charge is 0.390 e. The van der Waals surface area contributed by atoms with E-state index in [1.165, 1.54) is 22.5 Å². The number of aromatic nitrogens is 5. The maximum atomic E-state index is 13.6. The first kappa shape index (κ1) is 22.4. The van der Waals surface area contributed by atoms with Crippen molar-refractivity contribution < 1.29 is 24.1 Å². The van der Waals surface area contributed by atoms with Crippen molar-refractivity contribution in [1.82, 2.24) is 25.0 Å². The Balaban J connectivity index is 1.45. The Hall–Kier alpha value is -2.41. The Morgan fingerprint density at radius 1 is 1.12 bits per heavy atom. The van der Waals surface area contributed by atoms with Gasteiger partial charge in [0.15, 0.2) is 33.8 Å². The maximum Gasteiger partial charge on any atom is 0.191 e. The third-order valence-corrected chi connectivity index (χ3v) is 7.21. The molecule has 5 rings (SSSR count). The highest BCUT2D eigenvalue weighted by Crippen LogP contribution is 2.44. The number of halogens is 2. The number of aliphatic hydroxyl groups is 3. The molecule has 2 aliphatic carbocycles. The lowest BCUT2D eigenvalue weighted by Gasteiger charge is -2.16. The van der Waals surface area contributed by atoms with Crippen LogP contribution in [0.1, 0.15) is 43.7 Å². The minimum absolute atomic E-state index is 0.00820. The predicted octanol–water partition coefficient (Wildman–Crippen LogP) is 2.00. The lowest BCUT2D eigenvalue weighted by Crippen LogP contribution is -2.31. The molecule has 9 nitrogen and oxygen atoms in total. The summed E-state index contributed by atoms with van der Waals surface area (Å²) in [5.74, 6) is -0.470. The van der Waals surface area contributed by atoms with Gasteiger partial charge < -0.3 is 20.6 Å². The van der Waals surface area contributed by atoms with Crippen LogP contribution in [-0.2, 0) is 0 Å². The molecule has 2 heterocycles. The monoisotopic (exact) mass is 478 g/mol. The molecule has 3 aromatic rings. The summed E-state index contributed by atoms with van der Waals surface area (Å²) in [6.45, 7) is 2.05. The highest BCUT2D eigenvalue weighted by Gasteiger charge is 2.44. The average molecular weight is 479 g/mol. The van der Waals surface area contributed by atoms with E-state index < -0.39 is 36.0 Å².